The van der Waals surface area contributed by atoms with Gasteiger partial charge in [-0.3, -0.25) is 8.42 Å². The average Bonchev–Trinajstić information content (AvgIpc) is 2.46. The molecule has 0 fully saturated rings. The highest BCUT2D eigenvalue weighted by molar-refractivity contribution is 7.79. The van der Waals surface area contributed by atoms with Crippen molar-refractivity contribution in [2.24, 2.45) is 0 Å². The molecule has 2 rings (SSSR count). The molecule has 0 saturated heterocycles. The fourth-order valence-electron chi connectivity index (χ4n) is 1.46. The maximum absolute atomic E-state index is 10.4. The maximum Gasteiger partial charge on any atom is 0.341 e. The van der Waals surface area contributed by atoms with Crippen molar-refractivity contribution in [3.63, 3.8) is 0 Å². The maximum atomic E-state index is 10.4. The predicted octanol–water partition coefficient (Wildman–Crippen LogP) is -0.822. The zero-order valence-electron chi connectivity index (χ0n) is 12.8. The van der Waals surface area contributed by atoms with Crippen LogP contribution in [-0.4, -0.2) is 39.7 Å². The van der Waals surface area contributed by atoms with Crippen molar-refractivity contribution in [3.05, 3.63) is 59.7 Å². The molecule has 25 heavy (non-hydrogen) atoms. The lowest BCUT2D eigenvalue weighted by Gasteiger charge is -2.06. The number of hydrogen-bond donors (Lipinski definition) is 4. The van der Waals surface area contributed by atoms with Crippen LogP contribution >= 0.6 is 0 Å². The molecule has 11 heteroatoms. The Morgan fingerprint density at radius 1 is 0.760 bits per heavy atom. The molecule has 0 aliphatic rings. The van der Waals surface area contributed by atoms with Crippen LogP contribution in [0.15, 0.2) is 48.5 Å². The second kappa shape index (κ2) is 10.1. The SMILES string of the molecule is O=S(=O)([O-])[O-].[NH3+]c1ccccc1C(=O)O.[NH3+]c1ccccc1C(=O)O. The second-order valence-electron chi connectivity index (χ2n) is 4.33. The third-order valence-corrected chi connectivity index (χ3v) is 2.50. The number of quaternary nitrogens is 2. The van der Waals surface area contributed by atoms with Crippen LogP contribution in [0, 0.1) is 0 Å². The molecule has 0 unspecified atom stereocenters. The van der Waals surface area contributed by atoms with Gasteiger partial charge in [-0.05, 0) is 24.3 Å². The molecule has 2 aromatic carbocycles. The third-order valence-electron chi connectivity index (χ3n) is 2.50. The van der Waals surface area contributed by atoms with Crippen molar-refractivity contribution in [1.82, 2.24) is 0 Å². The van der Waals surface area contributed by atoms with E-state index in [4.69, 9.17) is 27.7 Å². The van der Waals surface area contributed by atoms with Gasteiger partial charge in [0.2, 0.25) is 0 Å². The van der Waals surface area contributed by atoms with Gasteiger partial charge in [-0.25, -0.2) is 9.59 Å². The first-order chi connectivity index (χ1) is 11.4. The summed E-state index contributed by atoms with van der Waals surface area (Å²) in [4.78, 5) is 20.8. The lowest BCUT2D eigenvalue weighted by Crippen LogP contribution is -2.41. The van der Waals surface area contributed by atoms with E-state index in [0.29, 0.717) is 11.4 Å². The van der Waals surface area contributed by atoms with Crippen LogP contribution < -0.4 is 11.5 Å². The summed E-state index contributed by atoms with van der Waals surface area (Å²) >= 11 is 0. The molecule has 0 heterocycles. The molecule has 0 saturated carbocycles. The molecule has 0 aliphatic carbocycles. The van der Waals surface area contributed by atoms with E-state index < -0.39 is 22.3 Å². The van der Waals surface area contributed by atoms with Crippen molar-refractivity contribution in [1.29, 1.82) is 0 Å². The van der Waals surface area contributed by atoms with E-state index in [1.807, 2.05) is 0 Å². The van der Waals surface area contributed by atoms with Crippen molar-refractivity contribution >= 4 is 33.7 Å². The lowest BCUT2D eigenvalue weighted by atomic mass is 10.2. The van der Waals surface area contributed by atoms with Crippen molar-refractivity contribution in [2.45, 2.75) is 0 Å². The molecule has 2 aromatic rings. The summed E-state index contributed by atoms with van der Waals surface area (Å²) in [6, 6.07) is 13.3. The average molecular weight is 372 g/mol. The highest BCUT2D eigenvalue weighted by Gasteiger charge is 2.07. The van der Waals surface area contributed by atoms with Crippen LogP contribution in [-0.2, 0) is 10.4 Å². The fraction of sp³-hybridized carbons (Fsp3) is 0. The molecule has 10 nitrogen and oxygen atoms in total. The van der Waals surface area contributed by atoms with Crippen molar-refractivity contribution in [2.75, 3.05) is 0 Å². The Morgan fingerprint density at radius 2 is 1.00 bits per heavy atom. The van der Waals surface area contributed by atoms with Gasteiger partial charge in [0.1, 0.15) is 22.5 Å². The van der Waals surface area contributed by atoms with Gasteiger partial charge >= 0.3 is 11.9 Å². The Morgan fingerprint density at radius 3 is 1.16 bits per heavy atom. The van der Waals surface area contributed by atoms with Crippen LogP contribution in [0.5, 0.6) is 0 Å². The Bertz CT molecular complexity index is 773. The van der Waals surface area contributed by atoms with Gasteiger partial charge in [0.05, 0.1) is 0 Å². The zero-order valence-corrected chi connectivity index (χ0v) is 13.6. The fourth-order valence-corrected chi connectivity index (χ4v) is 1.46. The summed E-state index contributed by atoms with van der Waals surface area (Å²) in [6.45, 7) is 0. The smallest absolute Gasteiger partial charge is 0.341 e. The van der Waals surface area contributed by atoms with E-state index in [1.165, 1.54) is 12.1 Å². The largest absolute Gasteiger partial charge is 0.759 e. The molecule has 0 atom stereocenters. The van der Waals surface area contributed by atoms with E-state index in [9.17, 15) is 9.59 Å². The van der Waals surface area contributed by atoms with E-state index in [1.54, 1.807) is 36.4 Å². The van der Waals surface area contributed by atoms with Gasteiger partial charge < -0.3 is 30.8 Å². The van der Waals surface area contributed by atoms with Gasteiger partial charge in [0, 0.05) is 10.4 Å². The monoisotopic (exact) mass is 372 g/mol. The van der Waals surface area contributed by atoms with Gasteiger partial charge in [0.25, 0.3) is 0 Å². The lowest BCUT2D eigenvalue weighted by molar-refractivity contribution is -0.255. The summed E-state index contributed by atoms with van der Waals surface area (Å²) in [5.74, 6) is -1.85. The van der Waals surface area contributed by atoms with Gasteiger partial charge in [-0.1, -0.05) is 24.3 Å². The topological polar surface area (TPSA) is 210 Å². The second-order valence-corrected chi connectivity index (χ2v) is 5.15. The predicted molar refractivity (Wildman–Crippen MR) is 82.4 cm³/mol. The molecule has 0 aromatic heterocycles. The Kier molecular flexibility index (Phi) is 8.98. The number of carboxylic acid groups (broad SMARTS) is 2. The molecule has 8 N–H and O–H groups in total. The molecule has 0 spiro atoms. The first-order valence-corrected chi connectivity index (χ1v) is 7.72. The quantitative estimate of drug-likeness (QED) is 0.385. The first kappa shape index (κ1) is 22.2. The van der Waals surface area contributed by atoms with E-state index >= 15 is 0 Å². The van der Waals surface area contributed by atoms with E-state index in [-0.39, 0.29) is 11.1 Å². The molecule has 0 aliphatic heterocycles. The van der Waals surface area contributed by atoms with Gasteiger partial charge in [-0.15, -0.1) is 0 Å². The minimum absolute atomic E-state index is 0.266. The molecule has 136 valence electrons. The number of rotatable bonds is 2. The van der Waals surface area contributed by atoms with Crippen LogP contribution in [0.3, 0.4) is 0 Å². The zero-order chi connectivity index (χ0) is 19.6. The Labute approximate surface area is 142 Å². The molecular weight excluding hydrogens is 356 g/mol. The van der Waals surface area contributed by atoms with Crippen LogP contribution in [0.25, 0.3) is 0 Å². The molecule has 0 amide bonds. The summed E-state index contributed by atoms with van der Waals surface area (Å²) in [7, 11) is -5.17. The summed E-state index contributed by atoms with van der Waals surface area (Å²) in [5, 5.41) is 17.1. The minimum atomic E-state index is -5.17. The van der Waals surface area contributed by atoms with Crippen LogP contribution in [0.2, 0.25) is 0 Å². The highest BCUT2D eigenvalue weighted by Crippen LogP contribution is 2.07. The van der Waals surface area contributed by atoms with Gasteiger partial charge in [-0.2, -0.15) is 0 Å². The summed E-state index contributed by atoms with van der Waals surface area (Å²) in [5.41, 5.74) is 8.76. The van der Waals surface area contributed by atoms with Gasteiger partial charge in [0.15, 0.2) is 0 Å². The third kappa shape index (κ3) is 10.5. The number of hydrogen-bond acceptors (Lipinski definition) is 6. The van der Waals surface area contributed by atoms with E-state index in [0.717, 1.165) is 0 Å². The number of carboxylic acids is 2. The molecule has 0 bridgehead atoms. The summed E-state index contributed by atoms with van der Waals surface area (Å²) in [6.07, 6.45) is 0. The standard InChI is InChI=1S/2C7H7NO2.H2O4S/c2*8-6-4-2-1-3-5(6)7(9)10;1-5(2,3)4/h2*1-4H,8H2,(H,9,10);(H2,1,2,3,4). The molecule has 0 radical (unpaired) electrons. The normalized spacial score (nSPS) is 9.76. The minimum Gasteiger partial charge on any atom is -0.759 e. The summed E-state index contributed by atoms with van der Waals surface area (Å²) < 4.78 is 34.1. The number of benzene rings is 2. The van der Waals surface area contributed by atoms with Crippen LogP contribution in [0.4, 0.5) is 11.4 Å². The van der Waals surface area contributed by atoms with E-state index in [2.05, 4.69) is 11.5 Å². The first-order valence-electron chi connectivity index (χ1n) is 6.38. The number of carbonyl (C=O) groups is 2. The van der Waals surface area contributed by atoms with Crippen molar-refractivity contribution < 1.29 is 48.8 Å². The Hall–Kier alpha value is -2.83. The van der Waals surface area contributed by atoms with Crippen LogP contribution in [0.1, 0.15) is 20.7 Å². The number of aromatic carboxylic acids is 2. The van der Waals surface area contributed by atoms with Crippen molar-refractivity contribution in [3.8, 4) is 0 Å². The molecular formula is C14H16N2O8S. The Balaban J connectivity index is 0.000000368. The highest BCUT2D eigenvalue weighted by atomic mass is 32.3.